The molecule has 0 spiro atoms. The highest BCUT2D eigenvalue weighted by atomic mass is 32.2. The number of hydrogen-bond donors (Lipinski definition) is 2. The van der Waals surface area contributed by atoms with Crippen LogP contribution in [0.1, 0.15) is 36.5 Å². The maximum atomic E-state index is 13.0. The van der Waals surface area contributed by atoms with E-state index in [0.29, 0.717) is 6.42 Å². The first-order valence-electron chi connectivity index (χ1n) is 9.34. The van der Waals surface area contributed by atoms with Crippen molar-refractivity contribution in [2.24, 2.45) is 5.92 Å². The van der Waals surface area contributed by atoms with Gasteiger partial charge in [-0.25, -0.2) is 22.8 Å². The number of Topliss-reactive ketones (excluding diaryl/α,β-unsaturated/α-hetero) is 1. The molecular weight excluding hydrogens is 437 g/mol. The Morgan fingerprint density at radius 1 is 1.29 bits per heavy atom. The molecule has 0 bridgehead atoms. The van der Waals surface area contributed by atoms with Crippen LogP contribution in [0.4, 0.5) is 30.5 Å². The van der Waals surface area contributed by atoms with E-state index >= 15 is 0 Å². The largest absolute Gasteiger partial charge is 0.341 e. The number of nitrogens with zero attached hydrogens (tertiary/aromatic N) is 2. The van der Waals surface area contributed by atoms with E-state index in [1.54, 1.807) is 6.92 Å². The van der Waals surface area contributed by atoms with Crippen molar-refractivity contribution in [3.8, 4) is 0 Å². The van der Waals surface area contributed by atoms with Gasteiger partial charge in [-0.05, 0) is 18.6 Å². The summed E-state index contributed by atoms with van der Waals surface area (Å²) in [5.74, 6) is -5.23. The van der Waals surface area contributed by atoms with Crippen molar-refractivity contribution >= 4 is 38.9 Å². The van der Waals surface area contributed by atoms with Crippen LogP contribution < -0.4 is 10.6 Å². The number of rotatable bonds is 9. The lowest BCUT2D eigenvalue weighted by Gasteiger charge is -2.15. The van der Waals surface area contributed by atoms with Crippen molar-refractivity contribution in [1.82, 2.24) is 9.97 Å². The highest BCUT2D eigenvalue weighted by molar-refractivity contribution is 7.91. The van der Waals surface area contributed by atoms with Crippen molar-refractivity contribution in [2.45, 2.75) is 43.0 Å². The third kappa shape index (κ3) is 5.19. The third-order valence-electron chi connectivity index (χ3n) is 4.64. The van der Waals surface area contributed by atoms with E-state index in [1.807, 2.05) is 0 Å². The van der Waals surface area contributed by atoms with Crippen molar-refractivity contribution < 1.29 is 31.2 Å². The number of sulfone groups is 1. The first-order valence-corrected chi connectivity index (χ1v) is 10.9. The predicted molar refractivity (Wildman–Crippen MR) is 106 cm³/mol. The number of ketones is 1. The number of pyridine rings is 2. The van der Waals surface area contributed by atoms with E-state index in [2.05, 4.69) is 20.6 Å². The second kappa shape index (κ2) is 9.00. The standard InChI is InChI=1S/C19H19F3N4O4S/c1-2-14(27)11-9-24-16(26-17(28)7-10-6-12(10)20)8-13(11)25-18-15(4-3-5-23-18)31(29,30)19(21)22/h3-5,8-10,12,19H,2,6-7H2,1H3,(H2,23,24,25,26,28)/t10-,12-/m0/s1. The molecular formula is C19H19F3N4O4S. The summed E-state index contributed by atoms with van der Waals surface area (Å²) in [7, 11) is -4.97. The summed E-state index contributed by atoms with van der Waals surface area (Å²) in [6.45, 7) is 1.60. The first-order chi connectivity index (χ1) is 14.6. The molecule has 12 heteroatoms. The zero-order valence-corrected chi connectivity index (χ0v) is 17.1. The quantitative estimate of drug-likeness (QED) is 0.555. The Morgan fingerprint density at radius 2 is 2.00 bits per heavy atom. The van der Waals surface area contributed by atoms with E-state index in [4.69, 9.17) is 0 Å². The molecule has 0 aliphatic heterocycles. The number of alkyl halides is 3. The molecule has 0 unspecified atom stereocenters. The fraction of sp³-hybridized carbons (Fsp3) is 0.368. The van der Waals surface area contributed by atoms with Gasteiger partial charge in [-0.15, -0.1) is 0 Å². The summed E-state index contributed by atoms with van der Waals surface area (Å²) in [5, 5.41) is 5.08. The summed E-state index contributed by atoms with van der Waals surface area (Å²) < 4.78 is 63.0. The van der Waals surface area contributed by atoms with E-state index in [1.165, 1.54) is 24.5 Å². The maximum Gasteiger partial charge on any atom is 0.341 e. The van der Waals surface area contributed by atoms with Gasteiger partial charge in [0.05, 0.1) is 11.3 Å². The number of aromatic nitrogens is 2. The van der Waals surface area contributed by atoms with E-state index < -0.39 is 38.4 Å². The Bertz CT molecular complexity index is 1110. The SMILES string of the molecule is CCC(=O)c1cnc(NC(=O)C[C@@H]2C[C@@H]2F)cc1Nc1ncccc1S(=O)(=O)C(F)F. The van der Waals surface area contributed by atoms with Gasteiger partial charge in [0.1, 0.15) is 22.7 Å². The van der Waals surface area contributed by atoms with Crippen LogP contribution in [0.3, 0.4) is 0 Å². The number of carbonyl (C=O) groups excluding carboxylic acids is 2. The maximum absolute atomic E-state index is 13.0. The van der Waals surface area contributed by atoms with Crippen molar-refractivity contribution in [3.05, 3.63) is 36.2 Å². The average molecular weight is 456 g/mol. The molecule has 2 heterocycles. The summed E-state index contributed by atoms with van der Waals surface area (Å²) in [5.41, 5.74) is 0.0777. The zero-order chi connectivity index (χ0) is 22.8. The third-order valence-corrected chi connectivity index (χ3v) is 6.05. The van der Waals surface area contributed by atoms with Gasteiger partial charge in [0.25, 0.3) is 0 Å². The topological polar surface area (TPSA) is 118 Å². The van der Waals surface area contributed by atoms with Crippen LogP contribution in [-0.4, -0.2) is 42.0 Å². The Balaban J connectivity index is 1.94. The van der Waals surface area contributed by atoms with Crippen LogP contribution in [0.15, 0.2) is 35.5 Å². The molecule has 1 aliphatic carbocycles. The van der Waals surface area contributed by atoms with Crippen LogP contribution in [0.25, 0.3) is 0 Å². The number of hydrogen-bond acceptors (Lipinski definition) is 7. The number of amides is 1. The fourth-order valence-corrected chi connectivity index (χ4v) is 3.66. The normalized spacial score (nSPS) is 18.0. The summed E-state index contributed by atoms with van der Waals surface area (Å²) in [6, 6.07) is 3.41. The van der Waals surface area contributed by atoms with Gasteiger partial charge in [-0.1, -0.05) is 6.92 Å². The Morgan fingerprint density at radius 3 is 2.61 bits per heavy atom. The Kier molecular flexibility index (Phi) is 6.58. The molecule has 2 N–H and O–H groups in total. The minimum absolute atomic E-state index is 0.0189. The highest BCUT2D eigenvalue weighted by Crippen LogP contribution is 2.37. The highest BCUT2D eigenvalue weighted by Gasteiger charge is 2.38. The van der Waals surface area contributed by atoms with Gasteiger partial charge in [0.15, 0.2) is 5.78 Å². The van der Waals surface area contributed by atoms with E-state index in [-0.39, 0.29) is 41.6 Å². The van der Waals surface area contributed by atoms with E-state index in [9.17, 15) is 31.2 Å². The van der Waals surface area contributed by atoms with Gasteiger partial charge in [-0.3, -0.25) is 9.59 Å². The molecule has 1 saturated carbocycles. The molecule has 8 nitrogen and oxygen atoms in total. The van der Waals surface area contributed by atoms with Gasteiger partial charge in [-0.2, -0.15) is 8.78 Å². The molecule has 0 saturated heterocycles. The zero-order valence-electron chi connectivity index (χ0n) is 16.3. The van der Waals surface area contributed by atoms with Gasteiger partial charge >= 0.3 is 5.76 Å². The molecule has 2 aromatic rings. The Hall–Kier alpha value is -3.02. The summed E-state index contributed by atoms with van der Waals surface area (Å²) in [4.78, 5) is 31.4. The van der Waals surface area contributed by atoms with Crippen LogP contribution in [0.2, 0.25) is 0 Å². The second-order valence-electron chi connectivity index (χ2n) is 6.94. The number of anilines is 3. The van der Waals surface area contributed by atoms with Crippen LogP contribution >= 0.6 is 0 Å². The molecule has 2 aromatic heterocycles. The lowest BCUT2D eigenvalue weighted by Crippen LogP contribution is -2.16. The monoisotopic (exact) mass is 456 g/mol. The molecule has 166 valence electrons. The summed E-state index contributed by atoms with van der Waals surface area (Å²) in [6.07, 6.45) is 1.74. The number of nitrogens with one attached hydrogen (secondary N) is 2. The van der Waals surface area contributed by atoms with Gasteiger partial charge in [0.2, 0.25) is 15.7 Å². The molecule has 0 radical (unpaired) electrons. The number of halogens is 3. The van der Waals surface area contributed by atoms with Gasteiger partial charge in [0, 0.05) is 37.2 Å². The van der Waals surface area contributed by atoms with Crippen molar-refractivity contribution in [1.29, 1.82) is 0 Å². The Labute approximate surface area is 176 Å². The molecule has 1 fully saturated rings. The van der Waals surface area contributed by atoms with Crippen LogP contribution in [0.5, 0.6) is 0 Å². The minimum atomic E-state index is -4.97. The van der Waals surface area contributed by atoms with Crippen molar-refractivity contribution in [3.63, 3.8) is 0 Å². The lowest BCUT2D eigenvalue weighted by molar-refractivity contribution is -0.116. The lowest BCUT2D eigenvalue weighted by atomic mass is 10.1. The van der Waals surface area contributed by atoms with E-state index in [0.717, 1.165) is 6.07 Å². The average Bonchev–Trinajstić information content (AvgIpc) is 3.41. The number of carbonyl (C=O) groups is 2. The molecule has 1 aliphatic rings. The molecule has 3 rings (SSSR count). The molecule has 31 heavy (non-hydrogen) atoms. The van der Waals surface area contributed by atoms with Crippen molar-refractivity contribution in [2.75, 3.05) is 10.6 Å². The first kappa shape index (κ1) is 22.7. The van der Waals surface area contributed by atoms with Gasteiger partial charge < -0.3 is 10.6 Å². The fourth-order valence-electron chi connectivity index (χ4n) is 2.83. The van der Waals surface area contributed by atoms with Crippen LogP contribution in [-0.2, 0) is 14.6 Å². The molecule has 2 atom stereocenters. The minimum Gasteiger partial charge on any atom is -0.338 e. The smallest absolute Gasteiger partial charge is 0.338 e. The van der Waals surface area contributed by atoms with Crippen LogP contribution in [0, 0.1) is 5.92 Å². The summed E-state index contributed by atoms with van der Waals surface area (Å²) >= 11 is 0. The molecule has 0 aromatic carbocycles. The second-order valence-corrected chi connectivity index (χ2v) is 8.82. The molecule has 1 amide bonds. The predicted octanol–water partition coefficient (Wildman–Crippen LogP) is 3.50.